The predicted octanol–water partition coefficient (Wildman–Crippen LogP) is 1.61. The highest BCUT2D eigenvalue weighted by molar-refractivity contribution is 9.28. The van der Waals surface area contributed by atoms with Crippen molar-refractivity contribution in [3.05, 3.63) is 9.47 Å². The SMILES string of the molecule is CC(C=C(Br)Br)(CO)CO. The fourth-order valence-corrected chi connectivity index (χ4v) is 1.51. The van der Waals surface area contributed by atoms with Crippen molar-refractivity contribution < 1.29 is 10.2 Å². The summed E-state index contributed by atoms with van der Waals surface area (Å²) < 4.78 is 0.741. The molecule has 60 valence electrons. The van der Waals surface area contributed by atoms with Crippen LogP contribution in [0.1, 0.15) is 6.92 Å². The molecular weight excluding hydrogens is 264 g/mol. The van der Waals surface area contributed by atoms with E-state index in [-0.39, 0.29) is 13.2 Å². The van der Waals surface area contributed by atoms with E-state index in [0.717, 1.165) is 3.39 Å². The second-order valence-corrected chi connectivity index (χ2v) is 5.18. The van der Waals surface area contributed by atoms with Crippen molar-refractivity contribution in [3.8, 4) is 0 Å². The zero-order chi connectivity index (χ0) is 8.20. The van der Waals surface area contributed by atoms with Crippen LogP contribution < -0.4 is 0 Å². The Morgan fingerprint density at radius 1 is 1.40 bits per heavy atom. The molecule has 0 heterocycles. The molecule has 0 saturated heterocycles. The molecule has 0 saturated carbocycles. The van der Waals surface area contributed by atoms with Gasteiger partial charge in [-0.05, 0) is 31.9 Å². The Kier molecular flexibility index (Phi) is 4.77. The molecule has 0 aliphatic rings. The maximum absolute atomic E-state index is 8.79. The summed E-state index contributed by atoms with van der Waals surface area (Å²) in [6.45, 7) is 1.63. The number of hydrogen-bond donors (Lipinski definition) is 2. The van der Waals surface area contributed by atoms with Crippen LogP contribution in [0, 0.1) is 5.41 Å². The van der Waals surface area contributed by atoms with Gasteiger partial charge in [0.2, 0.25) is 0 Å². The highest BCUT2D eigenvalue weighted by Crippen LogP contribution is 2.24. The van der Waals surface area contributed by atoms with E-state index in [0.29, 0.717) is 0 Å². The van der Waals surface area contributed by atoms with Gasteiger partial charge >= 0.3 is 0 Å². The van der Waals surface area contributed by atoms with Crippen molar-refractivity contribution >= 4 is 31.9 Å². The molecule has 0 spiro atoms. The minimum absolute atomic E-state index is 0.0653. The minimum atomic E-state index is -0.539. The van der Waals surface area contributed by atoms with Crippen molar-refractivity contribution in [1.29, 1.82) is 0 Å². The molecule has 10 heavy (non-hydrogen) atoms. The number of rotatable bonds is 3. The van der Waals surface area contributed by atoms with E-state index in [1.54, 1.807) is 13.0 Å². The molecule has 0 amide bonds. The molecule has 0 aliphatic heterocycles. The lowest BCUT2D eigenvalue weighted by Gasteiger charge is -2.19. The average Bonchev–Trinajstić information content (AvgIpc) is 1.87. The van der Waals surface area contributed by atoms with Gasteiger partial charge in [-0.2, -0.15) is 0 Å². The van der Waals surface area contributed by atoms with Gasteiger partial charge in [-0.3, -0.25) is 0 Å². The van der Waals surface area contributed by atoms with Crippen LogP contribution in [0.5, 0.6) is 0 Å². The third-order valence-electron chi connectivity index (χ3n) is 1.18. The van der Waals surface area contributed by atoms with Crippen LogP contribution in [0.4, 0.5) is 0 Å². The average molecular weight is 274 g/mol. The Hall–Kier alpha value is 0.620. The van der Waals surface area contributed by atoms with Crippen molar-refractivity contribution in [2.75, 3.05) is 13.2 Å². The van der Waals surface area contributed by atoms with E-state index in [2.05, 4.69) is 31.9 Å². The van der Waals surface area contributed by atoms with Crippen LogP contribution in [-0.2, 0) is 0 Å². The summed E-state index contributed by atoms with van der Waals surface area (Å²) in [5.41, 5.74) is -0.539. The van der Waals surface area contributed by atoms with Gasteiger partial charge in [0.1, 0.15) is 0 Å². The number of halogens is 2. The summed E-state index contributed by atoms with van der Waals surface area (Å²) in [7, 11) is 0. The van der Waals surface area contributed by atoms with E-state index < -0.39 is 5.41 Å². The molecule has 0 unspecified atom stereocenters. The minimum Gasteiger partial charge on any atom is -0.395 e. The third kappa shape index (κ3) is 3.71. The zero-order valence-corrected chi connectivity index (χ0v) is 8.81. The van der Waals surface area contributed by atoms with Gasteiger partial charge in [-0.15, -0.1) is 0 Å². The third-order valence-corrected chi connectivity index (χ3v) is 1.64. The first-order valence-electron chi connectivity index (χ1n) is 2.79. The Bertz CT molecular complexity index is 126. The van der Waals surface area contributed by atoms with E-state index in [9.17, 15) is 0 Å². The van der Waals surface area contributed by atoms with Crippen LogP contribution in [0.25, 0.3) is 0 Å². The highest BCUT2D eigenvalue weighted by Gasteiger charge is 2.18. The Morgan fingerprint density at radius 2 is 1.80 bits per heavy atom. The molecule has 2 N–H and O–H groups in total. The molecule has 0 bridgehead atoms. The maximum atomic E-state index is 8.79. The molecule has 0 aromatic rings. The van der Waals surface area contributed by atoms with Gasteiger partial charge in [0.25, 0.3) is 0 Å². The van der Waals surface area contributed by atoms with Crippen molar-refractivity contribution in [2.45, 2.75) is 6.92 Å². The molecule has 0 rings (SSSR count). The van der Waals surface area contributed by atoms with Crippen LogP contribution in [0.15, 0.2) is 9.47 Å². The van der Waals surface area contributed by atoms with Gasteiger partial charge in [0, 0.05) is 5.41 Å². The molecule has 2 nitrogen and oxygen atoms in total. The topological polar surface area (TPSA) is 40.5 Å². The molecule has 0 atom stereocenters. The van der Waals surface area contributed by atoms with Gasteiger partial charge in [0.05, 0.1) is 16.6 Å². The van der Waals surface area contributed by atoms with Gasteiger partial charge in [0.15, 0.2) is 0 Å². The van der Waals surface area contributed by atoms with Crippen molar-refractivity contribution in [1.82, 2.24) is 0 Å². The summed E-state index contributed by atoms with van der Waals surface area (Å²) in [5.74, 6) is 0. The normalized spacial score (nSPS) is 11.3. The number of aliphatic hydroxyl groups is 2. The summed E-state index contributed by atoms with van der Waals surface area (Å²) in [6, 6.07) is 0. The first kappa shape index (κ1) is 10.6. The standard InChI is InChI=1S/C6H10Br2O2/c1-6(3-9,4-10)2-5(7)8/h2,9-10H,3-4H2,1H3. The second kappa shape index (κ2) is 4.49. The molecular formula is C6H10Br2O2. The summed E-state index contributed by atoms with van der Waals surface area (Å²) in [6.07, 6.45) is 1.72. The van der Waals surface area contributed by atoms with Crippen molar-refractivity contribution in [3.63, 3.8) is 0 Å². The van der Waals surface area contributed by atoms with Crippen LogP contribution in [-0.4, -0.2) is 23.4 Å². The van der Waals surface area contributed by atoms with Crippen LogP contribution >= 0.6 is 31.9 Å². The molecule has 4 heteroatoms. The number of aliphatic hydroxyl groups excluding tert-OH is 2. The quantitative estimate of drug-likeness (QED) is 0.820. The first-order chi connectivity index (χ1) is 4.54. The fourth-order valence-electron chi connectivity index (χ4n) is 0.405. The molecule has 0 aromatic heterocycles. The van der Waals surface area contributed by atoms with Crippen LogP contribution in [0.2, 0.25) is 0 Å². The lowest BCUT2D eigenvalue weighted by atomic mass is 9.94. The van der Waals surface area contributed by atoms with E-state index in [1.165, 1.54) is 0 Å². The molecule has 0 radical (unpaired) electrons. The summed E-state index contributed by atoms with van der Waals surface area (Å²) in [4.78, 5) is 0. The molecule has 0 fully saturated rings. The largest absolute Gasteiger partial charge is 0.395 e. The van der Waals surface area contributed by atoms with E-state index in [4.69, 9.17) is 10.2 Å². The van der Waals surface area contributed by atoms with Gasteiger partial charge < -0.3 is 10.2 Å². The number of hydrogen-bond acceptors (Lipinski definition) is 2. The van der Waals surface area contributed by atoms with Crippen LogP contribution in [0.3, 0.4) is 0 Å². The molecule has 0 aliphatic carbocycles. The summed E-state index contributed by atoms with van der Waals surface area (Å²) in [5, 5.41) is 17.6. The smallest absolute Gasteiger partial charge is 0.0571 e. The van der Waals surface area contributed by atoms with Crippen molar-refractivity contribution in [2.24, 2.45) is 5.41 Å². The fraction of sp³-hybridized carbons (Fsp3) is 0.667. The zero-order valence-electron chi connectivity index (χ0n) is 5.64. The summed E-state index contributed by atoms with van der Waals surface area (Å²) >= 11 is 6.29. The van der Waals surface area contributed by atoms with E-state index >= 15 is 0 Å². The Balaban J connectivity index is 4.20. The first-order valence-corrected chi connectivity index (χ1v) is 4.38. The Morgan fingerprint density at radius 3 is 1.90 bits per heavy atom. The predicted molar refractivity (Wildman–Crippen MR) is 48.2 cm³/mol. The van der Waals surface area contributed by atoms with E-state index in [1.807, 2.05) is 0 Å². The lowest BCUT2D eigenvalue weighted by Crippen LogP contribution is -2.23. The lowest BCUT2D eigenvalue weighted by molar-refractivity contribution is 0.108. The van der Waals surface area contributed by atoms with Gasteiger partial charge in [-0.1, -0.05) is 13.0 Å². The maximum Gasteiger partial charge on any atom is 0.0571 e. The second-order valence-electron chi connectivity index (χ2n) is 2.40. The van der Waals surface area contributed by atoms with Gasteiger partial charge in [-0.25, -0.2) is 0 Å². The molecule has 0 aromatic carbocycles. The monoisotopic (exact) mass is 272 g/mol. The highest BCUT2D eigenvalue weighted by atomic mass is 79.9. The Labute approximate surface area is 77.2 Å².